The second-order valence-electron chi connectivity index (χ2n) is 5.80. The molecule has 1 saturated heterocycles. The molecule has 1 aliphatic rings. The number of rotatable bonds is 6. The summed E-state index contributed by atoms with van der Waals surface area (Å²) in [5, 5.41) is 3.20. The Labute approximate surface area is 151 Å². The molecular weight excluding hydrogens is 342 g/mol. The van der Waals surface area contributed by atoms with Crippen LogP contribution in [0.2, 0.25) is 5.02 Å². The molecule has 3 rings (SSSR count). The van der Waals surface area contributed by atoms with Crippen molar-refractivity contribution in [2.45, 2.75) is 25.4 Å². The SMILES string of the molecule is O=C(NCCc1ccncc1)c1cnc(OC2CCOCC2)c(Cl)c1. The zero-order chi connectivity index (χ0) is 17.5. The number of hydrogen-bond donors (Lipinski definition) is 1. The Morgan fingerprint density at radius 2 is 2.08 bits per heavy atom. The van der Waals surface area contributed by atoms with Crippen molar-refractivity contribution < 1.29 is 14.3 Å². The van der Waals surface area contributed by atoms with E-state index in [1.54, 1.807) is 18.5 Å². The van der Waals surface area contributed by atoms with E-state index in [4.69, 9.17) is 21.1 Å². The van der Waals surface area contributed by atoms with Crippen molar-refractivity contribution in [3.05, 3.63) is 52.9 Å². The van der Waals surface area contributed by atoms with Crippen LogP contribution >= 0.6 is 11.6 Å². The minimum absolute atomic E-state index is 0.0544. The minimum atomic E-state index is -0.207. The van der Waals surface area contributed by atoms with Gasteiger partial charge < -0.3 is 14.8 Å². The van der Waals surface area contributed by atoms with Crippen LogP contribution in [0.25, 0.3) is 0 Å². The summed E-state index contributed by atoms with van der Waals surface area (Å²) in [6.07, 6.45) is 7.38. The highest BCUT2D eigenvalue weighted by Gasteiger charge is 2.18. The maximum Gasteiger partial charge on any atom is 0.252 e. The molecule has 1 N–H and O–H groups in total. The van der Waals surface area contributed by atoms with Crippen molar-refractivity contribution in [1.82, 2.24) is 15.3 Å². The highest BCUT2D eigenvalue weighted by atomic mass is 35.5. The molecule has 1 fully saturated rings. The molecule has 0 radical (unpaired) electrons. The molecule has 6 nitrogen and oxygen atoms in total. The second-order valence-corrected chi connectivity index (χ2v) is 6.21. The lowest BCUT2D eigenvalue weighted by Crippen LogP contribution is -2.27. The number of nitrogens with zero attached hydrogens (tertiary/aromatic N) is 2. The Kier molecular flexibility index (Phi) is 6.19. The van der Waals surface area contributed by atoms with Crippen molar-refractivity contribution in [2.24, 2.45) is 0 Å². The molecule has 132 valence electrons. The standard InChI is InChI=1S/C18H20ClN3O3/c19-16-11-14(12-22-18(16)25-15-4-9-24-10-5-15)17(23)21-8-3-13-1-6-20-7-2-13/h1-2,6-7,11-12,15H,3-5,8-10H2,(H,21,23). The van der Waals surface area contributed by atoms with Gasteiger partial charge in [0.25, 0.3) is 5.91 Å². The van der Waals surface area contributed by atoms with Crippen LogP contribution in [0.1, 0.15) is 28.8 Å². The number of nitrogens with one attached hydrogen (secondary N) is 1. The van der Waals surface area contributed by atoms with Crippen molar-refractivity contribution in [3.63, 3.8) is 0 Å². The lowest BCUT2D eigenvalue weighted by Gasteiger charge is -2.23. The maximum absolute atomic E-state index is 12.2. The Bertz CT molecular complexity index is 706. The number of halogens is 1. The van der Waals surface area contributed by atoms with E-state index in [-0.39, 0.29) is 12.0 Å². The summed E-state index contributed by atoms with van der Waals surface area (Å²) in [5.74, 6) is 0.156. The summed E-state index contributed by atoms with van der Waals surface area (Å²) in [7, 11) is 0. The van der Waals surface area contributed by atoms with E-state index in [1.165, 1.54) is 6.20 Å². The normalized spacial score (nSPS) is 14.9. The van der Waals surface area contributed by atoms with Crippen LogP contribution in [-0.4, -0.2) is 41.7 Å². The molecule has 1 aliphatic heterocycles. The highest BCUT2D eigenvalue weighted by Crippen LogP contribution is 2.25. The van der Waals surface area contributed by atoms with Gasteiger partial charge in [-0.3, -0.25) is 9.78 Å². The van der Waals surface area contributed by atoms with Gasteiger partial charge in [-0.05, 0) is 30.2 Å². The number of amides is 1. The number of ether oxygens (including phenoxy) is 2. The number of hydrogen-bond acceptors (Lipinski definition) is 5. The first-order valence-electron chi connectivity index (χ1n) is 8.29. The van der Waals surface area contributed by atoms with Gasteiger partial charge in [-0.15, -0.1) is 0 Å². The molecule has 0 spiro atoms. The number of carbonyl (C=O) groups excluding carboxylic acids is 1. The van der Waals surface area contributed by atoms with Crippen molar-refractivity contribution in [2.75, 3.05) is 19.8 Å². The van der Waals surface area contributed by atoms with Crippen molar-refractivity contribution >= 4 is 17.5 Å². The van der Waals surface area contributed by atoms with Gasteiger partial charge in [-0.1, -0.05) is 11.6 Å². The number of aromatic nitrogens is 2. The van der Waals surface area contributed by atoms with Crippen molar-refractivity contribution in [1.29, 1.82) is 0 Å². The molecule has 0 aliphatic carbocycles. The average Bonchev–Trinajstić information content (AvgIpc) is 2.65. The molecule has 25 heavy (non-hydrogen) atoms. The predicted octanol–water partition coefficient (Wildman–Crippen LogP) is 2.66. The fraction of sp³-hybridized carbons (Fsp3) is 0.389. The number of pyridine rings is 2. The molecule has 0 saturated carbocycles. The molecule has 7 heteroatoms. The Balaban J connectivity index is 1.53. The predicted molar refractivity (Wildman–Crippen MR) is 94.0 cm³/mol. The molecular formula is C18H20ClN3O3. The summed E-state index contributed by atoms with van der Waals surface area (Å²) in [4.78, 5) is 20.4. The van der Waals surface area contributed by atoms with Crippen LogP contribution in [0, 0.1) is 0 Å². The molecule has 3 heterocycles. The molecule has 1 amide bonds. The highest BCUT2D eigenvalue weighted by molar-refractivity contribution is 6.32. The first-order valence-corrected chi connectivity index (χ1v) is 8.67. The molecule has 0 atom stereocenters. The lowest BCUT2D eigenvalue weighted by atomic mass is 10.1. The van der Waals surface area contributed by atoms with E-state index in [0.717, 1.165) is 24.8 Å². The average molecular weight is 362 g/mol. The third-order valence-corrected chi connectivity index (χ3v) is 4.24. The Morgan fingerprint density at radius 3 is 2.80 bits per heavy atom. The van der Waals surface area contributed by atoms with Gasteiger partial charge in [0.1, 0.15) is 11.1 Å². The van der Waals surface area contributed by atoms with Crippen LogP contribution in [0.15, 0.2) is 36.8 Å². The van der Waals surface area contributed by atoms with Crippen LogP contribution in [-0.2, 0) is 11.2 Å². The van der Waals surface area contributed by atoms with Gasteiger partial charge in [0.05, 0.1) is 18.8 Å². The quantitative estimate of drug-likeness (QED) is 0.856. The molecule has 2 aromatic heterocycles. The zero-order valence-electron chi connectivity index (χ0n) is 13.8. The van der Waals surface area contributed by atoms with E-state index in [1.807, 2.05) is 12.1 Å². The van der Waals surface area contributed by atoms with Crippen molar-refractivity contribution in [3.8, 4) is 5.88 Å². The first kappa shape index (κ1) is 17.6. The topological polar surface area (TPSA) is 73.3 Å². The smallest absolute Gasteiger partial charge is 0.252 e. The van der Waals surface area contributed by atoms with E-state index < -0.39 is 0 Å². The lowest BCUT2D eigenvalue weighted by molar-refractivity contribution is 0.0238. The monoisotopic (exact) mass is 361 g/mol. The fourth-order valence-corrected chi connectivity index (χ4v) is 2.77. The zero-order valence-corrected chi connectivity index (χ0v) is 14.5. The van der Waals surface area contributed by atoms with Crippen LogP contribution in [0.5, 0.6) is 5.88 Å². The van der Waals surface area contributed by atoms with Gasteiger partial charge in [0, 0.05) is 38.0 Å². The Hall–Kier alpha value is -2.18. The fourth-order valence-electron chi connectivity index (χ4n) is 2.56. The van der Waals surface area contributed by atoms with Crippen LogP contribution < -0.4 is 10.1 Å². The summed E-state index contributed by atoms with van der Waals surface area (Å²) in [5.41, 5.74) is 1.53. The molecule has 0 aromatic carbocycles. The third-order valence-electron chi connectivity index (χ3n) is 3.96. The second kappa shape index (κ2) is 8.78. The third kappa shape index (κ3) is 5.14. The molecule has 2 aromatic rings. The minimum Gasteiger partial charge on any atom is -0.473 e. The van der Waals surface area contributed by atoms with Crippen LogP contribution in [0.4, 0.5) is 0 Å². The van der Waals surface area contributed by atoms with Gasteiger partial charge >= 0.3 is 0 Å². The first-order chi connectivity index (χ1) is 12.2. The van der Waals surface area contributed by atoms with Crippen LogP contribution in [0.3, 0.4) is 0 Å². The van der Waals surface area contributed by atoms with E-state index in [9.17, 15) is 4.79 Å². The summed E-state index contributed by atoms with van der Waals surface area (Å²) < 4.78 is 11.1. The van der Waals surface area contributed by atoms with E-state index in [2.05, 4.69) is 15.3 Å². The van der Waals surface area contributed by atoms with Gasteiger partial charge in [0.2, 0.25) is 5.88 Å². The largest absolute Gasteiger partial charge is 0.473 e. The van der Waals surface area contributed by atoms with E-state index >= 15 is 0 Å². The summed E-state index contributed by atoms with van der Waals surface area (Å²) in [6.45, 7) is 1.89. The maximum atomic E-state index is 12.2. The summed E-state index contributed by atoms with van der Waals surface area (Å²) in [6, 6.07) is 5.44. The van der Waals surface area contributed by atoms with Gasteiger partial charge in [-0.2, -0.15) is 0 Å². The van der Waals surface area contributed by atoms with E-state index in [0.29, 0.717) is 36.2 Å². The molecule has 0 bridgehead atoms. The van der Waals surface area contributed by atoms with Gasteiger partial charge in [0.15, 0.2) is 0 Å². The van der Waals surface area contributed by atoms with Gasteiger partial charge in [-0.25, -0.2) is 4.98 Å². The Morgan fingerprint density at radius 1 is 1.32 bits per heavy atom. The molecule has 0 unspecified atom stereocenters. The number of carbonyl (C=O) groups is 1. The summed E-state index contributed by atoms with van der Waals surface area (Å²) >= 11 is 6.22.